The predicted molar refractivity (Wildman–Crippen MR) is 63.7 cm³/mol. The van der Waals surface area contributed by atoms with Gasteiger partial charge in [0.2, 0.25) is 0 Å². The van der Waals surface area contributed by atoms with Crippen LogP contribution in [-0.2, 0) is 0 Å². The molecule has 0 fully saturated rings. The summed E-state index contributed by atoms with van der Waals surface area (Å²) in [6, 6.07) is 14.2. The maximum atomic E-state index is 8.58. The Balaban J connectivity index is 2.28. The quantitative estimate of drug-likeness (QED) is 0.724. The second-order valence-corrected chi connectivity index (χ2v) is 4.07. The molecule has 0 aliphatic carbocycles. The van der Waals surface area contributed by atoms with Gasteiger partial charge in [-0.3, -0.25) is 0 Å². The molecule has 1 N–H and O–H groups in total. The summed E-state index contributed by atoms with van der Waals surface area (Å²) in [6.07, 6.45) is 0. The van der Waals surface area contributed by atoms with Gasteiger partial charge >= 0.3 is 0 Å². The highest BCUT2D eigenvalue weighted by Crippen LogP contribution is 2.27. The Morgan fingerprint density at radius 3 is 2.60 bits per heavy atom. The molecule has 0 spiro atoms. The van der Waals surface area contributed by atoms with Gasteiger partial charge in [0.25, 0.3) is 0 Å². The van der Waals surface area contributed by atoms with Crippen molar-refractivity contribution in [3.8, 4) is 22.3 Å². The summed E-state index contributed by atoms with van der Waals surface area (Å²) in [4.78, 5) is 2.20. The topological polar surface area (TPSA) is 20.2 Å². The van der Waals surface area contributed by atoms with Crippen LogP contribution in [0, 0.1) is 11.8 Å². The highest BCUT2D eigenvalue weighted by Gasteiger charge is 1.99. The Hall–Kier alpha value is -1.56. The fraction of sp³-hybridized carbons (Fsp3) is 0.0769. The van der Waals surface area contributed by atoms with Crippen LogP contribution in [0.1, 0.15) is 4.88 Å². The van der Waals surface area contributed by atoms with E-state index in [1.54, 1.807) is 11.3 Å². The van der Waals surface area contributed by atoms with Crippen LogP contribution in [0.4, 0.5) is 0 Å². The number of thiophene rings is 1. The molecular formula is C13H10OS. The normalized spacial score (nSPS) is 9.40. The van der Waals surface area contributed by atoms with Gasteiger partial charge in [-0.15, -0.1) is 11.3 Å². The Bertz CT molecular complexity index is 488. The maximum Gasteiger partial charge on any atom is 0.104 e. The van der Waals surface area contributed by atoms with Gasteiger partial charge in [-0.25, -0.2) is 0 Å². The van der Waals surface area contributed by atoms with Gasteiger partial charge in [0.05, 0.1) is 4.88 Å². The van der Waals surface area contributed by atoms with Crippen molar-refractivity contribution < 1.29 is 5.11 Å². The smallest absolute Gasteiger partial charge is 0.104 e. The van der Waals surface area contributed by atoms with Crippen LogP contribution in [0.2, 0.25) is 0 Å². The Kier molecular flexibility index (Phi) is 3.18. The summed E-state index contributed by atoms with van der Waals surface area (Å²) in [5.74, 6) is 5.55. The average molecular weight is 214 g/mol. The summed E-state index contributed by atoms with van der Waals surface area (Å²) in [6.45, 7) is -0.0848. The van der Waals surface area contributed by atoms with Crippen molar-refractivity contribution in [1.82, 2.24) is 0 Å². The number of benzene rings is 1. The lowest BCUT2D eigenvalue weighted by Gasteiger charge is -1.93. The van der Waals surface area contributed by atoms with Gasteiger partial charge in [-0.1, -0.05) is 42.2 Å². The summed E-state index contributed by atoms with van der Waals surface area (Å²) in [7, 11) is 0. The molecule has 2 rings (SSSR count). The third-order valence-corrected chi connectivity index (χ3v) is 3.00. The predicted octanol–water partition coefficient (Wildman–Crippen LogP) is 2.76. The average Bonchev–Trinajstić information content (AvgIpc) is 2.76. The van der Waals surface area contributed by atoms with Crippen LogP contribution in [0.15, 0.2) is 42.5 Å². The highest BCUT2D eigenvalue weighted by atomic mass is 32.1. The van der Waals surface area contributed by atoms with Crippen LogP contribution in [-0.4, -0.2) is 11.7 Å². The zero-order valence-electron chi connectivity index (χ0n) is 8.10. The molecule has 0 amide bonds. The van der Waals surface area contributed by atoms with E-state index in [9.17, 15) is 0 Å². The highest BCUT2D eigenvalue weighted by molar-refractivity contribution is 7.16. The fourth-order valence-electron chi connectivity index (χ4n) is 1.29. The molecule has 15 heavy (non-hydrogen) atoms. The molecule has 1 heterocycles. The third kappa shape index (κ3) is 2.47. The Morgan fingerprint density at radius 1 is 1.07 bits per heavy atom. The van der Waals surface area contributed by atoms with Gasteiger partial charge < -0.3 is 5.11 Å². The molecule has 1 aromatic heterocycles. The van der Waals surface area contributed by atoms with E-state index >= 15 is 0 Å². The molecule has 0 radical (unpaired) electrons. The second-order valence-electron chi connectivity index (χ2n) is 2.99. The van der Waals surface area contributed by atoms with E-state index in [0.717, 1.165) is 4.88 Å². The van der Waals surface area contributed by atoms with E-state index in [1.807, 2.05) is 24.3 Å². The first kappa shape index (κ1) is 9.97. The van der Waals surface area contributed by atoms with Crippen molar-refractivity contribution in [2.24, 2.45) is 0 Å². The zero-order valence-corrected chi connectivity index (χ0v) is 8.92. The van der Waals surface area contributed by atoms with Crippen LogP contribution < -0.4 is 0 Å². The van der Waals surface area contributed by atoms with E-state index in [2.05, 4.69) is 30.0 Å². The Labute approximate surface area is 93.0 Å². The maximum absolute atomic E-state index is 8.58. The number of aliphatic hydroxyl groups excluding tert-OH is 1. The van der Waals surface area contributed by atoms with Crippen molar-refractivity contribution in [1.29, 1.82) is 0 Å². The lowest BCUT2D eigenvalue weighted by atomic mass is 10.2. The van der Waals surface area contributed by atoms with E-state index in [4.69, 9.17) is 5.11 Å². The van der Waals surface area contributed by atoms with Crippen LogP contribution in [0.3, 0.4) is 0 Å². The van der Waals surface area contributed by atoms with E-state index in [0.29, 0.717) is 0 Å². The SMILES string of the molecule is OCC#Cc1ccc(-c2ccccc2)s1. The second kappa shape index (κ2) is 4.79. The molecule has 0 saturated heterocycles. The molecule has 0 aliphatic heterocycles. The summed E-state index contributed by atoms with van der Waals surface area (Å²) < 4.78 is 0. The molecule has 2 aromatic rings. The lowest BCUT2D eigenvalue weighted by molar-refractivity contribution is 0.350. The molecule has 2 heteroatoms. The van der Waals surface area contributed by atoms with E-state index in [1.165, 1.54) is 10.4 Å². The van der Waals surface area contributed by atoms with Crippen LogP contribution in [0.5, 0.6) is 0 Å². The molecular weight excluding hydrogens is 204 g/mol. The number of rotatable bonds is 1. The van der Waals surface area contributed by atoms with E-state index in [-0.39, 0.29) is 6.61 Å². The number of aliphatic hydroxyl groups is 1. The summed E-state index contributed by atoms with van der Waals surface area (Å²) in [5, 5.41) is 8.58. The van der Waals surface area contributed by atoms with Gasteiger partial charge in [0.15, 0.2) is 0 Å². The summed E-state index contributed by atoms with van der Waals surface area (Å²) in [5.41, 5.74) is 1.21. The van der Waals surface area contributed by atoms with Gasteiger partial charge in [0.1, 0.15) is 6.61 Å². The first-order valence-corrected chi connectivity index (χ1v) is 5.47. The minimum atomic E-state index is -0.0848. The largest absolute Gasteiger partial charge is 0.384 e. The Morgan fingerprint density at radius 2 is 1.87 bits per heavy atom. The minimum Gasteiger partial charge on any atom is -0.384 e. The number of hydrogen-bond donors (Lipinski definition) is 1. The van der Waals surface area contributed by atoms with Gasteiger partial charge in [-0.05, 0) is 17.7 Å². The number of hydrogen-bond acceptors (Lipinski definition) is 2. The monoisotopic (exact) mass is 214 g/mol. The fourth-order valence-corrected chi connectivity index (χ4v) is 2.18. The van der Waals surface area contributed by atoms with Crippen LogP contribution >= 0.6 is 11.3 Å². The molecule has 1 nitrogen and oxygen atoms in total. The standard InChI is InChI=1S/C13H10OS/c14-10-4-7-12-8-9-13(15-12)11-5-2-1-3-6-11/h1-3,5-6,8-9,14H,10H2. The van der Waals surface area contributed by atoms with Gasteiger partial charge in [-0.2, -0.15) is 0 Å². The first-order chi connectivity index (χ1) is 7.40. The van der Waals surface area contributed by atoms with Crippen LogP contribution in [0.25, 0.3) is 10.4 Å². The molecule has 0 bridgehead atoms. The first-order valence-electron chi connectivity index (χ1n) is 4.65. The van der Waals surface area contributed by atoms with Crippen molar-refractivity contribution >= 4 is 11.3 Å². The van der Waals surface area contributed by atoms with Crippen molar-refractivity contribution in [2.45, 2.75) is 0 Å². The van der Waals surface area contributed by atoms with E-state index < -0.39 is 0 Å². The molecule has 0 atom stereocenters. The zero-order chi connectivity index (χ0) is 10.5. The third-order valence-electron chi connectivity index (χ3n) is 1.95. The molecule has 74 valence electrons. The molecule has 0 unspecified atom stereocenters. The van der Waals surface area contributed by atoms with Crippen molar-refractivity contribution in [3.05, 3.63) is 47.3 Å². The molecule has 0 aliphatic rings. The molecule has 1 aromatic carbocycles. The minimum absolute atomic E-state index is 0.0848. The lowest BCUT2D eigenvalue weighted by Crippen LogP contribution is -1.70. The molecule has 0 saturated carbocycles. The van der Waals surface area contributed by atoms with Crippen molar-refractivity contribution in [2.75, 3.05) is 6.61 Å². The summed E-state index contributed by atoms with van der Waals surface area (Å²) >= 11 is 1.64. The van der Waals surface area contributed by atoms with Crippen molar-refractivity contribution in [3.63, 3.8) is 0 Å². The van der Waals surface area contributed by atoms with Gasteiger partial charge in [0, 0.05) is 4.88 Å².